The predicted octanol–water partition coefficient (Wildman–Crippen LogP) is 3.79. The molecule has 21 heavy (non-hydrogen) atoms. The van der Waals surface area contributed by atoms with E-state index in [9.17, 15) is 17.3 Å². The van der Waals surface area contributed by atoms with Crippen LogP contribution in [0.2, 0.25) is 0 Å². The molecular formula is C13H21BF4N2O. The van der Waals surface area contributed by atoms with Gasteiger partial charge in [-0.3, -0.25) is 5.32 Å². The first-order chi connectivity index (χ1) is 9.85. The number of rotatable bonds is 4. The molecule has 0 spiro atoms. The molecule has 1 aromatic heterocycles. The average Bonchev–Trinajstić information content (AvgIpc) is 2.37. The molecule has 0 aromatic carbocycles. The lowest BCUT2D eigenvalue weighted by Gasteiger charge is -2.27. The Morgan fingerprint density at radius 3 is 2.52 bits per heavy atom. The van der Waals surface area contributed by atoms with Crippen LogP contribution in [0.25, 0.3) is 0 Å². The van der Waals surface area contributed by atoms with Crippen LogP contribution >= 0.6 is 0 Å². The van der Waals surface area contributed by atoms with Gasteiger partial charge in [-0.2, -0.15) is 0 Å². The lowest BCUT2D eigenvalue weighted by molar-refractivity contribution is -0.755. The Morgan fingerprint density at radius 1 is 1.29 bits per heavy atom. The summed E-state index contributed by atoms with van der Waals surface area (Å²) in [7, 11) is -6.00. The van der Waals surface area contributed by atoms with E-state index in [1.165, 1.54) is 18.7 Å². The number of halogens is 4. The van der Waals surface area contributed by atoms with E-state index < -0.39 is 7.25 Å². The van der Waals surface area contributed by atoms with Gasteiger partial charge in [0.15, 0.2) is 0 Å². The molecular weight excluding hydrogens is 287 g/mol. The normalized spacial score (nSPS) is 20.9. The maximum Gasteiger partial charge on any atom is 0.673 e. The molecule has 0 saturated carbocycles. The zero-order chi connectivity index (χ0) is 15.9. The molecule has 2 heterocycles. The molecule has 0 bridgehead atoms. The van der Waals surface area contributed by atoms with Crippen LogP contribution < -0.4 is 9.88 Å². The van der Waals surface area contributed by atoms with Gasteiger partial charge in [0.05, 0.1) is 12.6 Å². The van der Waals surface area contributed by atoms with Gasteiger partial charge in [-0.05, 0) is 19.4 Å². The van der Waals surface area contributed by atoms with E-state index in [0.717, 1.165) is 13.0 Å². The molecule has 1 aliphatic heterocycles. The topological polar surface area (TPSA) is 25.1 Å². The predicted molar refractivity (Wildman–Crippen MR) is 74.4 cm³/mol. The third kappa shape index (κ3) is 6.79. The summed E-state index contributed by atoms with van der Waals surface area (Å²) < 4.78 is 47.0. The molecule has 1 N–H and O–H groups in total. The van der Waals surface area contributed by atoms with Gasteiger partial charge in [0.1, 0.15) is 6.04 Å². The summed E-state index contributed by atoms with van der Waals surface area (Å²) in [6.07, 6.45) is 5.76. The number of nitrogens with one attached hydrogen (secondary N) is 1. The van der Waals surface area contributed by atoms with Crippen molar-refractivity contribution in [2.75, 3.05) is 11.9 Å². The number of ether oxygens (including phenoxy) is 1. The van der Waals surface area contributed by atoms with Gasteiger partial charge in [0, 0.05) is 12.7 Å². The number of hydrogen-bond donors (Lipinski definition) is 1. The van der Waals surface area contributed by atoms with E-state index in [4.69, 9.17) is 4.74 Å². The fourth-order valence-electron chi connectivity index (χ4n) is 2.33. The van der Waals surface area contributed by atoms with E-state index >= 15 is 0 Å². The second-order valence-electron chi connectivity index (χ2n) is 4.76. The first-order valence-electron chi connectivity index (χ1n) is 7.10. The van der Waals surface area contributed by atoms with E-state index in [2.05, 4.69) is 48.1 Å². The van der Waals surface area contributed by atoms with Crippen LogP contribution in [0.5, 0.6) is 0 Å². The molecule has 3 nitrogen and oxygen atoms in total. The quantitative estimate of drug-likeness (QED) is 0.520. The maximum absolute atomic E-state index is 9.75. The molecule has 2 unspecified atom stereocenters. The van der Waals surface area contributed by atoms with Crippen molar-refractivity contribution in [3.05, 3.63) is 24.4 Å². The fourth-order valence-corrected chi connectivity index (χ4v) is 2.33. The fraction of sp³-hybridized carbons (Fsp3) is 0.615. The van der Waals surface area contributed by atoms with Crippen LogP contribution in [0.3, 0.4) is 0 Å². The minimum Gasteiger partial charge on any atom is -0.418 e. The van der Waals surface area contributed by atoms with Crippen LogP contribution in [0.15, 0.2) is 24.4 Å². The second kappa shape index (κ2) is 8.21. The number of hydrogen-bond acceptors (Lipinski definition) is 2. The summed E-state index contributed by atoms with van der Waals surface area (Å²) in [5.41, 5.74) is 0. The summed E-state index contributed by atoms with van der Waals surface area (Å²) in [5, 5.41) is 3.57. The van der Waals surface area contributed by atoms with Gasteiger partial charge in [0.25, 0.3) is 5.82 Å². The number of nitrogens with zero attached hydrogens (tertiary/aromatic N) is 1. The minimum atomic E-state index is -6.00. The van der Waals surface area contributed by atoms with Crippen LogP contribution in [-0.2, 0) is 4.74 Å². The number of aromatic nitrogens is 1. The van der Waals surface area contributed by atoms with Gasteiger partial charge in [-0.15, -0.1) is 0 Å². The Balaban J connectivity index is 0.000000383. The second-order valence-corrected chi connectivity index (χ2v) is 4.76. The summed E-state index contributed by atoms with van der Waals surface area (Å²) in [6.45, 7) is 5.05. The Kier molecular flexibility index (Phi) is 6.94. The minimum absolute atomic E-state index is 0.194. The summed E-state index contributed by atoms with van der Waals surface area (Å²) in [4.78, 5) is 0. The SMILES string of the molecule is CCCC1CC(OCC)[n+]2ccccc2N1.F[B-](F)(F)F. The van der Waals surface area contributed by atoms with Crippen molar-refractivity contribution in [2.45, 2.75) is 45.4 Å². The van der Waals surface area contributed by atoms with E-state index in [-0.39, 0.29) is 6.23 Å². The van der Waals surface area contributed by atoms with Crippen LogP contribution in [0.4, 0.5) is 23.1 Å². The molecule has 2 rings (SSSR count). The third-order valence-corrected chi connectivity index (χ3v) is 3.03. The Hall–Kier alpha value is -1.31. The summed E-state index contributed by atoms with van der Waals surface area (Å²) in [6, 6.07) is 6.78. The monoisotopic (exact) mass is 308 g/mol. The lowest BCUT2D eigenvalue weighted by atomic mass is 10.1. The van der Waals surface area contributed by atoms with Gasteiger partial charge >= 0.3 is 7.25 Å². The molecule has 8 heteroatoms. The van der Waals surface area contributed by atoms with Crippen LogP contribution in [0, 0.1) is 0 Å². The lowest BCUT2D eigenvalue weighted by Crippen LogP contribution is -2.51. The van der Waals surface area contributed by atoms with Crippen molar-refractivity contribution in [1.82, 2.24) is 0 Å². The zero-order valence-electron chi connectivity index (χ0n) is 12.2. The molecule has 2 atom stereocenters. The van der Waals surface area contributed by atoms with Crippen molar-refractivity contribution in [2.24, 2.45) is 0 Å². The van der Waals surface area contributed by atoms with E-state index in [0.29, 0.717) is 6.04 Å². The average molecular weight is 308 g/mol. The van der Waals surface area contributed by atoms with Crippen LogP contribution in [0.1, 0.15) is 39.3 Å². The highest BCUT2D eigenvalue weighted by molar-refractivity contribution is 6.50. The molecule has 0 saturated heterocycles. The largest absolute Gasteiger partial charge is 0.673 e. The highest BCUT2D eigenvalue weighted by atomic mass is 19.5. The zero-order valence-corrected chi connectivity index (χ0v) is 12.2. The molecule has 0 aliphatic carbocycles. The molecule has 120 valence electrons. The van der Waals surface area contributed by atoms with Gasteiger partial charge < -0.3 is 22.0 Å². The van der Waals surface area contributed by atoms with Crippen molar-refractivity contribution in [1.29, 1.82) is 0 Å². The smallest absolute Gasteiger partial charge is 0.418 e. The highest BCUT2D eigenvalue weighted by Gasteiger charge is 2.31. The first-order valence-corrected chi connectivity index (χ1v) is 7.10. The number of pyridine rings is 1. The van der Waals surface area contributed by atoms with E-state index in [1.54, 1.807) is 0 Å². The molecule has 0 radical (unpaired) electrons. The molecule has 0 fully saturated rings. The molecule has 1 aliphatic rings. The Labute approximate surface area is 122 Å². The summed E-state index contributed by atoms with van der Waals surface area (Å²) >= 11 is 0. The van der Waals surface area contributed by atoms with Gasteiger partial charge in [-0.25, -0.2) is 4.57 Å². The number of fused-ring (bicyclic) bond motifs is 1. The third-order valence-electron chi connectivity index (χ3n) is 3.03. The first kappa shape index (κ1) is 17.7. The molecule has 0 amide bonds. The van der Waals surface area contributed by atoms with Gasteiger partial charge in [0.2, 0.25) is 6.23 Å². The highest BCUT2D eigenvalue weighted by Crippen LogP contribution is 2.22. The van der Waals surface area contributed by atoms with Crippen molar-refractivity contribution in [3.8, 4) is 0 Å². The number of anilines is 1. The summed E-state index contributed by atoms with van der Waals surface area (Å²) in [5.74, 6) is 1.17. The maximum atomic E-state index is 9.75. The van der Waals surface area contributed by atoms with Crippen molar-refractivity contribution >= 4 is 13.1 Å². The van der Waals surface area contributed by atoms with Crippen molar-refractivity contribution < 1.29 is 26.6 Å². The van der Waals surface area contributed by atoms with Gasteiger partial charge in [-0.1, -0.05) is 19.4 Å². The standard InChI is InChI=1S/C13H20N2O.BF4/c1-3-7-11-10-13(16-4-2)15-9-6-5-8-12(15)14-11;2-1(3,4)5/h5-6,8-9,11,13H,3-4,7,10H2,1-2H3;/q;-1/p+1. The van der Waals surface area contributed by atoms with Crippen molar-refractivity contribution in [3.63, 3.8) is 0 Å². The Morgan fingerprint density at radius 2 is 1.95 bits per heavy atom. The van der Waals surface area contributed by atoms with E-state index in [1.807, 2.05) is 0 Å². The Bertz CT molecular complexity index is 425. The molecule has 1 aromatic rings. The van der Waals surface area contributed by atoms with Crippen LogP contribution in [-0.4, -0.2) is 19.9 Å².